The molecule has 3 aromatic rings. The number of hydrogen-bond acceptors (Lipinski definition) is 5. The maximum atomic E-state index is 10.2. The molecule has 0 unspecified atom stereocenters. The van der Waals surface area contributed by atoms with Gasteiger partial charge in [-0.1, -0.05) is 27.7 Å². The summed E-state index contributed by atoms with van der Waals surface area (Å²) in [5.74, 6) is 1.17. The molecular weight excluding hydrogens is 330 g/mol. The number of rotatable bonds is 6. The van der Waals surface area contributed by atoms with E-state index in [2.05, 4.69) is 18.8 Å². The van der Waals surface area contributed by atoms with Gasteiger partial charge in [0.2, 0.25) is 5.75 Å². The van der Waals surface area contributed by atoms with E-state index in [0.717, 1.165) is 17.7 Å². The van der Waals surface area contributed by atoms with Crippen molar-refractivity contribution in [1.82, 2.24) is 14.5 Å². The number of pyridine rings is 1. The molecule has 0 aliphatic heterocycles. The van der Waals surface area contributed by atoms with Crippen molar-refractivity contribution in [3.63, 3.8) is 0 Å². The highest BCUT2D eigenvalue weighted by molar-refractivity contribution is 5.78. The topological polar surface area (TPSA) is 80.4 Å². The second-order valence-electron chi connectivity index (χ2n) is 7.33. The van der Waals surface area contributed by atoms with Crippen LogP contribution in [0.3, 0.4) is 0 Å². The number of ether oxygens (including phenoxy) is 1. The Kier molecular flexibility index (Phi) is 5.02. The fraction of sp³-hybridized carbons (Fsp3) is 0.400. The number of hydrogen-bond donors (Lipinski definition) is 2. The SMILES string of the molecule is CC(C)COc1cc(-c2nc3cccnc3n2CC(C)C)cc(O)c1O. The summed E-state index contributed by atoms with van der Waals surface area (Å²) in [5.41, 5.74) is 2.27. The second kappa shape index (κ2) is 7.23. The molecule has 0 aliphatic carbocycles. The Balaban J connectivity index is 2.13. The average molecular weight is 355 g/mol. The van der Waals surface area contributed by atoms with E-state index in [-0.39, 0.29) is 17.2 Å². The van der Waals surface area contributed by atoms with Crippen molar-refractivity contribution in [2.24, 2.45) is 11.8 Å². The van der Waals surface area contributed by atoms with Gasteiger partial charge in [-0.05, 0) is 36.1 Å². The number of phenols is 2. The number of nitrogens with zero attached hydrogens (tertiary/aromatic N) is 3. The molecule has 0 radical (unpaired) electrons. The van der Waals surface area contributed by atoms with E-state index in [1.165, 1.54) is 6.07 Å². The van der Waals surface area contributed by atoms with Gasteiger partial charge in [-0.3, -0.25) is 0 Å². The lowest BCUT2D eigenvalue weighted by atomic mass is 10.1. The average Bonchev–Trinajstić information content (AvgIpc) is 2.94. The molecule has 26 heavy (non-hydrogen) atoms. The normalized spacial score (nSPS) is 11.6. The molecule has 3 rings (SSSR count). The number of phenolic OH excluding ortho intramolecular Hbond substituents is 2. The molecule has 1 aromatic carbocycles. The third kappa shape index (κ3) is 3.59. The minimum Gasteiger partial charge on any atom is -0.504 e. The largest absolute Gasteiger partial charge is 0.504 e. The van der Waals surface area contributed by atoms with E-state index >= 15 is 0 Å². The lowest BCUT2D eigenvalue weighted by molar-refractivity contribution is 0.256. The van der Waals surface area contributed by atoms with Crippen LogP contribution in [0.5, 0.6) is 17.2 Å². The van der Waals surface area contributed by atoms with Crippen molar-refractivity contribution in [3.8, 4) is 28.6 Å². The zero-order valence-electron chi connectivity index (χ0n) is 15.6. The molecule has 0 saturated heterocycles. The van der Waals surface area contributed by atoms with Gasteiger partial charge in [0.15, 0.2) is 17.1 Å². The first-order valence-corrected chi connectivity index (χ1v) is 8.87. The number of aromatic nitrogens is 3. The van der Waals surface area contributed by atoms with E-state index < -0.39 is 0 Å². The predicted octanol–water partition coefficient (Wildman–Crippen LogP) is 4.20. The maximum Gasteiger partial charge on any atom is 0.200 e. The van der Waals surface area contributed by atoms with Crippen LogP contribution < -0.4 is 4.74 Å². The Bertz CT molecular complexity index is 916. The molecule has 0 bridgehead atoms. The smallest absolute Gasteiger partial charge is 0.200 e. The van der Waals surface area contributed by atoms with Crippen molar-refractivity contribution < 1.29 is 14.9 Å². The van der Waals surface area contributed by atoms with Crippen molar-refractivity contribution in [1.29, 1.82) is 0 Å². The third-order valence-corrected chi connectivity index (χ3v) is 3.94. The molecule has 6 nitrogen and oxygen atoms in total. The Morgan fingerprint density at radius 1 is 1.12 bits per heavy atom. The number of fused-ring (bicyclic) bond motifs is 1. The molecule has 0 saturated carbocycles. The van der Waals surface area contributed by atoms with Crippen LogP contribution in [0, 0.1) is 11.8 Å². The first kappa shape index (κ1) is 18.0. The van der Waals surface area contributed by atoms with Gasteiger partial charge in [0.1, 0.15) is 11.3 Å². The van der Waals surface area contributed by atoms with Gasteiger partial charge < -0.3 is 19.5 Å². The number of aromatic hydroxyl groups is 2. The van der Waals surface area contributed by atoms with Gasteiger partial charge in [0.25, 0.3) is 0 Å². The highest BCUT2D eigenvalue weighted by atomic mass is 16.5. The Morgan fingerprint density at radius 2 is 1.88 bits per heavy atom. The summed E-state index contributed by atoms with van der Waals surface area (Å²) in [4.78, 5) is 9.15. The minimum atomic E-state index is -0.251. The fourth-order valence-electron chi connectivity index (χ4n) is 2.81. The van der Waals surface area contributed by atoms with Crippen LogP contribution in [0.2, 0.25) is 0 Å². The zero-order valence-corrected chi connectivity index (χ0v) is 15.6. The minimum absolute atomic E-state index is 0.225. The number of imidazole rings is 1. The fourth-order valence-corrected chi connectivity index (χ4v) is 2.81. The summed E-state index contributed by atoms with van der Waals surface area (Å²) in [6.45, 7) is 9.49. The Hall–Kier alpha value is -2.76. The number of benzene rings is 1. The molecule has 0 atom stereocenters. The molecular formula is C20H25N3O3. The third-order valence-electron chi connectivity index (χ3n) is 3.94. The molecule has 138 valence electrons. The van der Waals surface area contributed by atoms with Gasteiger partial charge in [-0.25, -0.2) is 9.97 Å². The summed E-state index contributed by atoms with van der Waals surface area (Å²) in [6.07, 6.45) is 1.75. The molecule has 0 aliphatic rings. The Morgan fingerprint density at radius 3 is 2.58 bits per heavy atom. The second-order valence-corrected chi connectivity index (χ2v) is 7.33. The monoisotopic (exact) mass is 355 g/mol. The molecule has 0 fully saturated rings. The van der Waals surface area contributed by atoms with Crippen LogP contribution in [0.4, 0.5) is 0 Å². The highest BCUT2D eigenvalue weighted by Crippen LogP contribution is 2.40. The van der Waals surface area contributed by atoms with Crippen LogP contribution in [0.1, 0.15) is 27.7 Å². The summed E-state index contributed by atoms with van der Waals surface area (Å²) in [5, 5.41) is 20.3. The molecule has 6 heteroatoms. The quantitative estimate of drug-likeness (QED) is 0.648. The van der Waals surface area contributed by atoms with Crippen LogP contribution in [0.25, 0.3) is 22.6 Å². The van der Waals surface area contributed by atoms with Crippen LogP contribution >= 0.6 is 0 Å². The lowest BCUT2D eigenvalue weighted by Gasteiger charge is -2.15. The van der Waals surface area contributed by atoms with E-state index in [1.807, 2.05) is 30.5 Å². The van der Waals surface area contributed by atoms with Crippen LogP contribution in [-0.2, 0) is 6.54 Å². The molecule has 2 N–H and O–H groups in total. The van der Waals surface area contributed by atoms with Crippen molar-refractivity contribution >= 4 is 11.2 Å². The standard InChI is InChI=1S/C20H25N3O3/c1-12(2)10-23-19(22-15-6-5-7-21-20(15)23)14-8-16(24)18(25)17(9-14)26-11-13(3)4/h5-9,12-13,24-25H,10-11H2,1-4H3. The lowest BCUT2D eigenvalue weighted by Crippen LogP contribution is -2.07. The molecule has 2 aromatic heterocycles. The van der Waals surface area contributed by atoms with Gasteiger partial charge in [0, 0.05) is 18.3 Å². The highest BCUT2D eigenvalue weighted by Gasteiger charge is 2.18. The van der Waals surface area contributed by atoms with E-state index in [0.29, 0.717) is 29.8 Å². The van der Waals surface area contributed by atoms with Crippen molar-refractivity contribution in [2.45, 2.75) is 34.2 Å². The summed E-state index contributed by atoms with van der Waals surface area (Å²) < 4.78 is 7.71. The van der Waals surface area contributed by atoms with Gasteiger partial charge >= 0.3 is 0 Å². The molecule has 2 heterocycles. The van der Waals surface area contributed by atoms with Crippen LogP contribution in [0.15, 0.2) is 30.5 Å². The summed E-state index contributed by atoms with van der Waals surface area (Å²) in [7, 11) is 0. The first-order valence-electron chi connectivity index (χ1n) is 8.87. The van der Waals surface area contributed by atoms with E-state index in [9.17, 15) is 10.2 Å². The van der Waals surface area contributed by atoms with Gasteiger partial charge in [-0.2, -0.15) is 0 Å². The van der Waals surface area contributed by atoms with Crippen LogP contribution in [-0.4, -0.2) is 31.4 Å². The van der Waals surface area contributed by atoms with Gasteiger partial charge in [0.05, 0.1) is 6.61 Å². The summed E-state index contributed by atoms with van der Waals surface area (Å²) >= 11 is 0. The first-order chi connectivity index (χ1) is 12.4. The van der Waals surface area contributed by atoms with E-state index in [4.69, 9.17) is 9.72 Å². The van der Waals surface area contributed by atoms with Crippen molar-refractivity contribution in [3.05, 3.63) is 30.5 Å². The van der Waals surface area contributed by atoms with Crippen molar-refractivity contribution in [2.75, 3.05) is 6.61 Å². The predicted molar refractivity (Wildman–Crippen MR) is 101 cm³/mol. The maximum absolute atomic E-state index is 10.2. The van der Waals surface area contributed by atoms with E-state index in [1.54, 1.807) is 12.3 Å². The molecule has 0 amide bonds. The zero-order chi connectivity index (χ0) is 18.8. The molecule has 0 spiro atoms. The summed E-state index contributed by atoms with van der Waals surface area (Å²) in [6, 6.07) is 6.99. The van der Waals surface area contributed by atoms with Gasteiger partial charge in [-0.15, -0.1) is 0 Å². The Labute approximate surface area is 153 Å².